The largest absolute Gasteiger partial charge is 0.496 e. The maximum atomic E-state index is 8.73. The fraction of sp³-hybridized carbons (Fsp3) is 0.200. The number of rotatable bonds is 6. The van der Waals surface area contributed by atoms with E-state index >= 15 is 0 Å². The van der Waals surface area contributed by atoms with Crippen molar-refractivity contribution in [1.82, 2.24) is 9.78 Å². The Balaban J connectivity index is 1.74. The zero-order valence-corrected chi connectivity index (χ0v) is 14.3. The van der Waals surface area contributed by atoms with Gasteiger partial charge in [0.05, 0.1) is 18.9 Å². The van der Waals surface area contributed by atoms with Crippen molar-refractivity contribution in [2.45, 2.75) is 20.1 Å². The third-order valence-corrected chi connectivity index (χ3v) is 3.92. The number of hydrogen-bond donors (Lipinski definition) is 0. The van der Waals surface area contributed by atoms with Crippen molar-refractivity contribution >= 4 is 0 Å². The summed E-state index contributed by atoms with van der Waals surface area (Å²) in [4.78, 5) is 0. The van der Waals surface area contributed by atoms with Crippen molar-refractivity contribution < 1.29 is 9.47 Å². The molecule has 2 aromatic carbocycles. The molecule has 126 valence electrons. The van der Waals surface area contributed by atoms with Gasteiger partial charge < -0.3 is 9.47 Å². The molecule has 0 fully saturated rings. The molecule has 3 rings (SSSR count). The predicted octanol–water partition coefficient (Wildman–Crippen LogP) is 3.97. The number of aromatic nitrogens is 2. The van der Waals surface area contributed by atoms with E-state index in [9.17, 15) is 0 Å². The van der Waals surface area contributed by atoms with Crippen LogP contribution in [-0.4, -0.2) is 16.9 Å². The zero-order chi connectivity index (χ0) is 17.6. The van der Waals surface area contributed by atoms with E-state index in [4.69, 9.17) is 14.7 Å². The van der Waals surface area contributed by atoms with Crippen LogP contribution in [0.2, 0.25) is 0 Å². The first kappa shape index (κ1) is 16.6. The SMILES string of the molecule is COc1ccccc1COc1ccc(-c2ccn(CC#N)n2)cc1C. The highest BCUT2D eigenvalue weighted by Gasteiger charge is 2.08. The van der Waals surface area contributed by atoms with Gasteiger partial charge in [-0.3, -0.25) is 4.68 Å². The molecule has 0 saturated heterocycles. The van der Waals surface area contributed by atoms with Crippen molar-refractivity contribution in [2.75, 3.05) is 7.11 Å². The number of hydrogen-bond acceptors (Lipinski definition) is 4. The molecule has 0 bridgehead atoms. The summed E-state index contributed by atoms with van der Waals surface area (Å²) < 4.78 is 12.9. The quantitative estimate of drug-likeness (QED) is 0.685. The zero-order valence-electron chi connectivity index (χ0n) is 14.3. The molecule has 1 aromatic heterocycles. The summed E-state index contributed by atoms with van der Waals surface area (Å²) in [7, 11) is 1.66. The van der Waals surface area contributed by atoms with Gasteiger partial charge in [-0.2, -0.15) is 10.4 Å². The highest BCUT2D eigenvalue weighted by atomic mass is 16.5. The van der Waals surface area contributed by atoms with Crippen LogP contribution < -0.4 is 9.47 Å². The molecular weight excluding hydrogens is 314 g/mol. The fourth-order valence-corrected chi connectivity index (χ4v) is 2.62. The van der Waals surface area contributed by atoms with E-state index < -0.39 is 0 Å². The number of ether oxygens (including phenoxy) is 2. The maximum absolute atomic E-state index is 8.73. The van der Waals surface area contributed by atoms with Crippen LogP contribution in [0.15, 0.2) is 54.7 Å². The van der Waals surface area contributed by atoms with Crippen LogP contribution in [0.1, 0.15) is 11.1 Å². The Morgan fingerprint density at radius 2 is 1.96 bits per heavy atom. The number of benzene rings is 2. The molecule has 25 heavy (non-hydrogen) atoms. The molecule has 0 amide bonds. The van der Waals surface area contributed by atoms with E-state index in [1.165, 1.54) is 0 Å². The number of para-hydroxylation sites is 1. The van der Waals surface area contributed by atoms with Gasteiger partial charge in [-0.05, 0) is 42.8 Å². The summed E-state index contributed by atoms with van der Waals surface area (Å²) in [6.07, 6.45) is 1.81. The minimum Gasteiger partial charge on any atom is -0.496 e. The van der Waals surface area contributed by atoms with Crippen LogP contribution in [0, 0.1) is 18.3 Å². The molecule has 5 heteroatoms. The molecule has 0 aliphatic rings. The van der Waals surface area contributed by atoms with Crippen LogP contribution in [0.4, 0.5) is 0 Å². The second kappa shape index (κ2) is 7.54. The van der Waals surface area contributed by atoms with Gasteiger partial charge in [0.25, 0.3) is 0 Å². The molecular formula is C20H19N3O2. The van der Waals surface area contributed by atoms with Gasteiger partial charge in [-0.15, -0.1) is 0 Å². The summed E-state index contributed by atoms with van der Waals surface area (Å²) in [5.74, 6) is 1.64. The van der Waals surface area contributed by atoms with E-state index in [0.717, 1.165) is 33.9 Å². The number of nitriles is 1. The summed E-state index contributed by atoms with van der Waals surface area (Å²) in [6, 6.07) is 17.8. The molecule has 0 N–H and O–H groups in total. The third-order valence-electron chi connectivity index (χ3n) is 3.92. The third kappa shape index (κ3) is 3.81. The second-order valence-electron chi connectivity index (χ2n) is 5.64. The van der Waals surface area contributed by atoms with Crippen molar-refractivity contribution in [3.8, 4) is 28.8 Å². The minimum absolute atomic E-state index is 0.249. The highest BCUT2D eigenvalue weighted by molar-refractivity contribution is 5.61. The lowest BCUT2D eigenvalue weighted by molar-refractivity contribution is 0.295. The summed E-state index contributed by atoms with van der Waals surface area (Å²) >= 11 is 0. The second-order valence-corrected chi connectivity index (χ2v) is 5.64. The fourth-order valence-electron chi connectivity index (χ4n) is 2.62. The van der Waals surface area contributed by atoms with E-state index in [1.54, 1.807) is 18.0 Å². The van der Waals surface area contributed by atoms with Gasteiger partial charge >= 0.3 is 0 Å². The monoisotopic (exact) mass is 333 g/mol. The van der Waals surface area contributed by atoms with Crippen LogP contribution in [-0.2, 0) is 13.2 Å². The molecule has 0 radical (unpaired) electrons. The molecule has 3 aromatic rings. The van der Waals surface area contributed by atoms with Crippen molar-refractivity contribution in [3.05, 3.63) is 65.9 Å². The van der Waals surface area contributed by atoms with Crippen molar-refractivity contribution in [3.63, 3.8) is 0 Å². The van der Waals surface area contributed by atoms with Crippen LogP contribution in [0.5, 0.6) is 11.5 Å². The van der Waals surface area contributed by atoms with Gasteiger partial charge in [0, 0.05) is 17.3 Å². The Kier molecular flexibility index (Phi) is 5.00. The average Bonchev–Trinajstić information content (AvgIpc) is 3.10. The van der Waals surface area contributed by atoms with Gasteiger partial charge in [0.15, 0.2) is 0 Å². The van der Waals surface area contributed by atoms with E-state index in [2.05, 4.69) is 11.2 Å². The molecule has 0 atom stereocenters. The Morgan fingerprint density at radius 1 is 1.12 bits per heavy atom. The van der Waals surface area contributed by atoms with Gasteiger partial charge in [-0.25, -0.2) is 0 Å². The lowest BCUT2D eigenvalue weighted by atomic mass is 10.1. The normalized spacial score (nSPS) is 10.3. The van der Waals surface area contributed by atoms with Gasteiger partial charge in [-0.1, -0.05) is 18.2 Å². The molecule has 5 nitrogen and oxygen atoms in total. The van der Waals surface area contributed by atoms with Crippen LogP contribution >= 0.6 is 0 Å². The lowest BCUT2D eigenvalue weighted by Gasteiger charge is -2.12. The van der Waals surface area contributed by atoms with E-state index in [0.29, 0.717) is 6.61 Å². The molecule has 0 saturated carbocycles. The summed E-state index contributed by atoms with van der Waals surface area (Å²) in [6.45, 7) is 2.70. The molecule has 1 heterocycles. The van der Waals surface area contributed by atoms with Crippen LogP contribution in [0.25, 0.3) is 11.3 Å². The average molecular weight is 333 g/mol. The number of methoxy groups -OCH3 is 1. The minimum atomic E-state index is 0.249. The summed E-state index contributed by atoms with van der Waals surface area (Å²) in [5.41, 5.74) is 3.87. The number of nitrogens with zero attached hydrogens (tertiary/aromatic N) is 3. The van der Waals surface area contributed by atoms with Crippen LogP contribution in [0.3, 0.4) is 0 Å². The first-order valence-corrected chi connectivity index (χ1v) is 7.97. The lowest BCUT2D eigenvalue weighted by Crippen LogP contribution is -2.00. The Hall–Kier alpha value is -3.26. The van der Waals surface area contributed by atoms with E-state index in [1.807, 2.05) is 55.5 Å². The van der Waals surface area contributed by atoms with E-state index in [-0.39, 0.29) is 6.54 Å². The molecule has 0 spiro atoms. The smallest absolute Gasteiger partial charge is 0.128 e. The Morgan fingerprint density at radius 3 is 2.72 bits per heavy atom. The Labute approximate surface area is 147 Å². The van der Waals surface area contributed by atoms with Gasteiger partial charge in [0.2, 0.25) is 0 Å². The first-order valence-electron chi connectivity index (χ1n) is 7.97. The van der Waals surface area contributed by atoms with Crippen molar-refractivity contribution in [2.24, 2.45) is 0 Å². The first-order chi connectivity index (χ1) is 12.2. The summed E-state index contributed by atoms with van der Waals surface area (Å²) in [5, 5.41) is 13.1. The number of aryl methyl sites for hydroxylation is 1. The highest BCUT2D eigenvalue weighted by Crippen LogP contribution is 2.27. The van der Waals surface area contributed by atoms with Crippen molar-refractivity contribution in [1.29, 1.82) is 5.26 Å². The molecule has 0 aliphatic carbocycles. The topological polar surface area (TPSA) is 60.1 Å². The Bertz CT molecular complexity index is 909. The van der Waals surface area contributed by atoms with Gasteiger partial charge in [0.1, 0.15) is 24.7 Å². The predicted molar refractivity (Wildman–Crippen MR) is 95.3 cm³/mol. The molecule has 0 aliphatic heterocycles. The standard InChI is InChI=1S/C20H19N3O2/c1-15-13-16(18-9-11-23(22-18)12-10-21)7-8-19(15)25-14-17-5-3-4-6-20(17)24-2/h3-9,11,13H,12,14H2,1-2H3. The maximum Gasteiger partial charge on any atom is 0.128 e. The molecule has 0 unspecified atom stereocenters.